The van der Waals surface area contributed by atoms with Crippen LogP contribution in [0.5, 0.6) is 0 Å². The first-order valence-corrected chi connectivity index (χ1v) is 11.2. The third kappa shape index (κ3) is 5.20. The van der Waals surface area contributed by atoms with Gasteiger partial charge in [-0.25, -0.2) is 14.3 Å². The van der Waals surface area contributed by atoms with Crippen molar-refractivity contribution in [2.45, 2.75) is 63.9 Å². The number of halogens is 1. The lowest BCUT2D eigenvalue weighted by atomic mass is 9.98. The largest absolute Gasteiger partial charge is 0.462 e. The van der Waals surface area contributed by atoms with E-state index in [9.17, 15) is 19.3 Å². The van der Waals surface area contributed by atoms with Crippen molar-refractivity contribution in [1.82, 2.24) is 14.6 Å². The van der Waals surface area contributed by atoms with E-state index in [-0.39, 0.29) is 12.7 Å². The molecule has 1 radical (unpaired) electrons. The van der Waals surface area contributed by atoms with Crippen LogP contribution in [0.3, 0.4) is 0 Å². The van der Waals surface area contributed by atoms with E-state index < -0.39 is 62.3 Å². The van der Waals surface area contributed by atoms with Crippen LogP contribution in [0, 0.1) is 0 Å². The van der Waals surface area contributed by atoms with Crippen molar-refractivity contribution in [3.63, 3.8) is 0 Å². The summed E-state index contributed by atoms with van der Waals surface area (Å²) in [6, 6.07) is 0.104. The summed E-state index contributed by atoms with van der Waals surface area (Å²) in [6.45, 7) is 5.08. The number of nitrogens with zero attached hydrogens (tertiary/aromatic N) is 1. The number of aromatic amines is 1. The Balaban J connectivity index is 1.74. The summed E-state index contributed by atoms with van der Waals surface area (Å²) in [4.78, 5) is 48.1. The number of H-pyrrole nitrogens is 1. The molecule has 175 valence electrons. The zero-order valence-corrected chi connectivity index (χ0v) is 18.3. The number of aromatic nitrogens is 2. The fraction of sp³-hybridized carbons (Fsp3) is 0.706. The van der Waals surface area contributed by atoms with Gasteiger partial charge in [0.1, 0.15) is 18.2 Å². The van der Waals surface area contributed by atoms with Crippen molar-refractivity contribution < 1.29 is 37.3 Å². The molecule has 0 aliphatic carbocycles. The maximum atomic E-state index is 15.6. The van der Waals surface area contributed by atoms with Gasteiger partial charge in [0.25, 0.3) is 5.56 Å². The van der Waals surface area contributed by atoms with E-state index in [2.05, 4.69) is 5.09 Å². The summed E-state index contributed by atoms with van der Waals surface area (Å²) in [5.74, 6) is -0.623. The molecule has 2 fully saturated rings. The van der Waals surface area contributed by atoms with Crippen molar-refractivity contribution in [1.29, 1.82) is 0 Å². The van der Waals surface area contributed by atoms with Gasteiger partial charge in [-0.2, -0.15) is 0 Å². The van der Waals surface area contributed by atoms with E-state index >= 15 is 4.39 Å². The van der Waals surface area contributed by atoms with Crippen LogP contribution < -0.4 is 16.3 Å². The van der Waals surface area contributed by atoms with Gasteiger partial charge in [-0.05, 0) is 27.7 Å². The predicted molar refractivity (Wildman–Crippen MR) is 104 cm³/mol. The Morgan fingerprint density at radius 1 is 1.42 bits per heavy atom. The van der Waals surface area contributed by atoms with Crippen molar-refractivity contribution >= 4 is 14.1 Å². The number of hydrogen-bond acceptors (Lipinski definition) is 10. The number of carbonyl (C=O) groups is 1. The standard InChI is InChI=1S/C17H26FN3O9P/c1-9(2)29-14(23)10(3)20-31(25)27-7-11-13(26-8-28-31)17(4,18)15(30-11)21-6-5-12(22)19-16(21)24/h5-6,9-11,13,15,20,25H,7-8H2,1-4H3,(H,19,22,24)/t10-,11+,13+,15+,17+/m0/s1. The molecule has 0 amide bonds. The highest BCUT2D eigenvalue weighted by Gasteiger charge is 2.58. The molecule has 0 aromatic carbocycles. The molecule has 1 aromatic heterocycles. The van der Waals surface area contributed by atoms with E-state index in [0.717, 1.165) is 16.8 Å². The molecule has 2 saturated heterocycles. The van der Waals surface area contributed by atoms with Crippen molar-refractivity contribution in [2.75, 3.05) is 13.4 Å². The van der Waals surface area contributed by atoms with Crippen molar-refractivity contribution in [3.05, 3.63) is 33.1 Å². The molecule has 3 rings (SSSR count). The lowest BCUT2D eigenvalue weighted by Crippen LogP contribution is -2.47. The Hall–Kier alpha value is -1.73. The monoisotopic (exact) mass is 466 g/mol. The lowest BCUT2D eigenvalue weighted by molar-refractivity contribution is -0.149. The Morgan fingerprint density at radius 2 is 2.13 bits per heavy atom. The Morgan fingerprint density at radius 3 is 2.77 bits per heavy atom. The number of fused-ring (bicyclic) bond motifs is 1. The van der Waals surface area contributed by atoms with Gasteiger partial charge < -0.3 is 23.6 Å². The quantitative estimate of drug-likeness (QED) is 0.404. The number of carbonyl (C=O) groups excluding carboxylic acids is 1. The summed E-state index contributed by atoms with van der Waals surface area (Å²) < 4.78 is 43.4. The molecular formula is C17H26FN3O9P. The van der Waals surface area contributed by atoms with Crippen LogP contribution in [0.25, 0.3) is 0 Å². The molecule has 2 aliphatic rings. The maximum Gasteiger partial charge on any atom is 0.330 e. The first-order valence-electron chi connectivity index (χ1n) is 9.59. The second-order valence-corrected chi connectivity index (χ2v) is 9.50. The Kier molecular flexibility index (Phi) is 6.96. The molecule has 3 heterocycles. The van der Waals surface area contributed by atoms with Crippen molar-refractivity contribution in [3.8, 4) is 0 Å². The van der Waals surface area contributed by atoms with Crippen LogP contribution in [-0.4, -0.2) is 63.8 Å². The maximum absolute atomic E-state index is 15.6. The van der Waals surface area contributed by atoms with Gasteiger partial charge in [0.2, 0.25) is 0 Å². The molecule has 12 nitrogen and oxygen atoms in total. The Labute approximate surface area is 177 Å². The van der Waals surface area contributed by atoms with Gasteiger partial charge in [0.05, 0.1) is 12.7 Å². The number of ether oxygens (including phenoxy) is 3. The molecule has 0 spiro atoms. The minimum atomic E-state index is -3.78. The molecule has 31 heavy (non-hydrogen) atoms. The topological polar surface area (TPSA) is 150 Å². The normalized spacial score (nSPS) is 34.6. The minimum absolute atomic E-state index is 0.352. The van der Waals surface area contributed by atoms with Crippen molar-refractivity contribution in [2.24, 2.45) is 0 Å². The summed E-state index contributed by atoms with van der Waals surface area (Å²) in [6.07, 6.45) is -2.88. The molecule has 1 unspecified atom stereocenters. The SMILES string of the molecule is CC(C)OC(=O)[C@H](C)N[P]1(O)OCO[C@@H]2[C@@H](CO1)O[C@@H](n1ccc(=O)[nH]c1=O)[C@]2(C)F. The third-order valence-electron chi connectivity index (χ3n) is 4.74. The van der Waals surface area contributed by atoms with Gasteiger partial charge >= 0.3 is 19.8 Å². The molecule has 0 bridgehead atoms. The number of hydrogen-bond donors (Lipinski definition) is 3. The van der Waals surface area contributed by atoms with Crippen LogP contribution in [0.15, 0.2) is 21.9 Å². The number of esters is 1. The zero-order valence-electron chi connectivity index (χ0n) is 17.4. The molecule has 6 atom stereocenters. The summed E-state index contributed by atoms with van der Waals surface area (Å²) in [7, 11) is -3.78. The fourth-order valence-corrected chi connectivity index (χ4v) is 4.68. The highest BCUT2D eigenvalue weighted by atomic mass is 31.2. The van der Waals surface area contributed by atoms with Gasteiger partial charge in [-0.3, -0.25) is 23.7 Å². The van der Waals surface area contributed by atoms with E-state index in [1.54, 1.807) is 13.8 Å². The highest BCUT2D eigenvalue weighted by molar-refractivity contribution is 7.58. The fourth-order valence-electron chi connectivity index (χ4n) is 3.31. The molecular weight excluding hydrogens is 440 g/mol. The van der Waals surface area contributed by atoms with Gasteiger partial charge in [0, 0.05) is 12.3 Å². The zero-order chi connectivity index (χ0) is 23.0. The van der Waals surface area contributed by atoms with E-state index in [4.69, 9.17) is 23.3 Å². The number of rotatable bonds is 5. The van der Waals surface area contributed by atoms with Gasteiger partial charge in [-0.1, -0.05) is 0 Å². The second-order valence-electron chi connectivity index (χ2n) is 7.68. The summed E-state index contributed by atoms with van der Waals surface area (Å²) >= 11 is 0. The van der Waals surface area contributed by atoms with Crippen LogP contribution in [-0.2, 0) is 28.1 Å². The first kappa shape index (κ1) is 23.9. The third-order valence-corrected chi connectivity index (χ3v) is 6.40. The predicted octanol–water partition coefficient (Wildman–Crippen LogP) is 0.151. The second kappa shape index (κ2) is 9.02. The summed E-state index contributed by atoms with van der Waals surface area (Å²) in [5, 5.41) is 2.55. The van der Waals surface area contributed by atoms with Crippen LogP contribution >= 0.6 is 8.09 Å². The molecule has 14 heteroatoms. The van der Waals surface area contributed by atoms with Crippen LogP contribution in [0.4, 0.5) is 4.39 Å². The van der Waals surface area contributed by atoms with Crippen LogP contribution in [0.2, 0.25) is 0 Å². The van der Waals surface area contributed by atoms with Gasteiger partial charge in [-0.15, -0.1) is 0 Å². The molecule has 1 aromatic rings. The number of alkyl halides is 1. The summed E-state index contributed by atoms with van der Waals surface area (Å²) in [5.41, 5.74) is -3.68. The van der Waals surface area contributed by atoms with E-state index in [0.29, 0.717) is 0 Å². The average molecular weight is 466 g/mol. The molecule has 2 aliphatic heterocycles. The lowest BCUT2D eigenvalue weighted by Gasteiger charge is -2.36. The van der Waals surface area contributed by atoms with Crippen LogP contribution in [0.1, 0.15) is 33.9 Å². The molecule has 3 N–H and O–H groups in total. The smallest absolute Gasteiger partial charge is 0.330 e. The highest BCUT2D eigenvalue weighted by Crippen LogP contribution is 2.55. The van der Waals surface area contributed by atoms with Gasteiger partial charge in [0.15, 0.2) is 18.7 Å². The van der Waals surface area contributed by atoms with E-state index in [1.165, 1.54) is 13.8 Å². The van der Waals surface area contributed by atoms with E-state index in [1.807, 2.05) is 4.98 Å². The Bertz CT molecular complexity index is 923. The average Bonchev–Trinajstić information content (AvgIpc) is 2.88. The first-order chi connectivity index (χ1) is 14.4. The molecule has 0 saturated carbocycles. The minimum Gasteiger partial charge on any atom is -0.462 e. The number of nitrogens with one attached hydrogen (secondary N) is 2.